The van der Waals surface area contributed by atoms with Crippen LogP contribution in [0.2, 0.25) is 0 Å². The fourth-order valence-electron chi connectivity index (χ4n) is 1.52. The number of nitrogens with one attached hydrogen (secondary N) is 2. The number of rotatable bonds is 5. The Labute approximate surface area is 104 Å². The number of anilines is 3. The van der Waals surface area contributed by atoms with E-state index in [1.807, 2.05) is 24.0 Å². The van der Waals surface area contributed by atoms with Crippen LogP contribution in [-0.4, -0.2) is 26.3 Å². The molecule has 96 valence electrons. The smallest absolute Gasteiger partial charge is 0.223 e. The lowest BCUT2D eigenvalue weighted by Crippen LogP contribution is -2.14. The Hall–Kier alpha value is -2.35. The maximum atomic E-state index is 5.55. The highest BCUT2D eigenvalue weighted by molar-refractivity contribution is 5.50. The summed E-state index contributed by atoms with van der Waals surface area (Å²) < 4.78 is 1.86. The van der Waals surface area contributed by atoms with E-state index >= 15 is 0 Å². The average molecular weight is 248 g/mol. The summed E-state index contributed by atoms with van der Waals surface area (Å²) in [7, 11) is 0. The van der Waals surface area contributed by atoms with E-state index in [0.717, 1.165) is 12.1 Å². The number of nitrogen functional groups attached to an aromatic ring is 2. The number of hydrogen-bond acceptors (Lipinski definition) is 7. The van der Waals surface area contributed by atoms with Gasteiger partial charge in [-0.3, -0.25) is 4.68 Å². The molecule has 2 rings (SSSR count). The van der Waals surface area contributed by atoms with Crippen molar-refractivity contribution in [2.24, 2.45) is 5.84 Å². The van der Waals surface area contributed by atoms with Gasteiger partial charge in [0, 0.05) is 18.8 Å². The van der Waals surface area contributed by atoms with Crippen LogP contribution in [-0.2, 0) is 6.54 Å². The van der Waals surface area contributed by atoms with Crippen LogP contribution in [0.4, 0.5) is 17.6 Å². The van der Waals surface area contributed by atoms with Gasteiger partial charge in [-0.1, -0.05) is 0 Å². The number of nitrogens with zero attached hydrogens (tertiary/aromatic N) is 4. The number of aryl methyl sites for hydroxylation is 1. The minimum Gasteiger partial charge on any atom is -0.368 e. The Morgan fingerprint density at radius 1 is 1.33 bits per heavy atom. The van der Waals surface area contributed by atoms with Gasteiger partial charge in [-0.2, -0.15) is 15.1 Å². The summed E-state index contributed by atoms with van der Waals surface area (Å²) in [4.78, 5) is 7.94. The zero-order valence-electron chi connectivity index (χ0n) is 10.1. The number of nitrogens with two attached hydrogens (primary N) is 2. The number of aromatic nitrogens is 4. The molecule has 6 N–H and O–H groups in total. The fraction of sp³-hybridized carbons (Fsp3) is 0.300. The first-order valence-corrected chi connectivity index (χ1v) is 5.51. The summed E-state index contributed by atoms with van der Waals surface area (Å²) in [5.41, 5.74) is 9.11. The lowest BCUT2D eigenvalue weighted by atomic mass is 10.4. The molecule has 0 amide bonds. The van der Waals surface area contributed by atoms with E-state index in [9.17, 15) is 0 Å². The van der Waals surface area contributed by atoms with Crippen molar-refractivity contribution >= 4 is 17.6 Å². The third-order valence-electron chi connectivity index (χ3n) is 2.30. The zero-order valence-corrected chi connectivity index (χ0v) is 10.1. The molecule has 2 aromatic rings. The van der Waals surface area contributed by atoms with E-state index in [1.54, 1.807) is 6.07 Å². The second-order valence-electron chi connectivity index (χ2n) is 3.85. The Morgan fingerprint density at radius 3 is 2.78 bits per heavy atom. The molecule has 0 spiro atoms. The van der Waals surface area contributed by atoms with Gasteiger partial charge in [0.25, 0.3) is 0 Å². The van der Waals surface area contributed by atoms with Crippen molar-refractivity contribution in [2.45, 2.75) is 13.5 Å². The predicted molar refractivity (Wildman–Crippen MR) is 69.7 cm³/mol. The third kappa shape index (κ3) is 3.08. The molecule has 0 fully saturated rings. The van der Waals surface area contributed by atoms with Crippen molar-refractivity contribution in [3.63, 3.8) is 0 Å². The fourth-order valence-corrected chi connectivity index (χ4v) is 1.52. The molecule has 2 aromatic heterocycles. The summed E-state index contributed by atoms with van der Waals surface area (Å²) in [6.45, 7) is 3.42. The molecule has 0 unspecified atom stereocenters. The second-order valence-corrected chi connectivity index (χ2v) is 3.85. The third-order valence-corrected chi connectivity index (χ3v) is 2.30. The van der Waals surface area contributed by atoms with Crippen molar-refractivity contribution in [1.29, 1.82) is 0 Å². The van der Waals surface area contributed by atoms with E-state index in [0.29, 0.717) is 18.2 Å². The highest BCUT2D eigenvalue weighted by Gasteiger charge is 2.01. The van der Waals surface area contributed by atoms with Gasteiger partial charge < -0.3 is 16.5 Å². The Balaban J connectivity index is 1.91. The van der Waals surface area contributed by atoms with E-state index in [-0.39, 0.29) is 5.95 Å². The Morgan fingerprint density at radius 2 is 2.11 bits per heavy atom. The normalized spacial score (nSPS) is 10.3. The lowest BCUT2D eigenvalue weighted by Gasteiger charge is -2.08. The summed E-state index contributed by atoms with van der Waals surface area (Å²) in [6.07, 6.45) is 3.79. The van der Waals surface area contributed by atoms with Gasteiger partial charge >= 0.3 is 0 Å². The quantitative estimate of drug-likeness (QED) is 0.433. The largest absolute Gasteiger partial charge is 0.368 e. The molecule has 0 radical (unpaired) electrons. The first-order chi connectivity index (χ1) is 8.67. The van der Waals surface area contributed by atoms with Gasteiger partial charge in [0.05, 0.1) is 12.7 Å². The van der Waals surface area contributed by atoms with Gasteiger partial charge in [-0.25, -0.2) is 5.84 Å². The van der Waals surface area contributed by atoms with Crippen molar-refractivity contribution < 1.29 is 0 Å². The Bertz CT molecular complexity index is 520. The molecule has 2 heterocycles. The van der Waals surface area contributed by atoms with Gasteiger partial charge in [0.2, 0.25) is 5.95 Å². The highest BCUT2D eigenvalue weighted by Crippen LogP contribution is 2.10. The van der Waals surface area contributed by atoms with Crippen molar-refractivity contribution in [3.05, 3.63) is 24.0 Å². The summed E-state index contributed by atoms with van der Waals surface area (Å²) in [6, 6.07) is 1.69. The van der Waals surface area contributed by atoms with Crippen LogP contribution in [0.25, 0.3) is 0 Å². The van der Waals surface area contributed by atoms with Crippen LogP contribution in [0.3, 0.4) is 0 Å². The molecule has 0 aliphatic carbocycles. The van der Waals surface area contributed by atoms with E-state index in [2.05, 4.69) is 25.8 Å². The zero-order chi connectivity index (χ0) is 13.0. The van der Waals surface area contributed by atoms with Crippen LogP contribution < -0.4 is 22.3 Å². The van der Waals surface area contributed by atoms with Gasteiger partial charge in [-0.15, -0.1) is 0 Å². The lowest BCUT2D eigenvalue weighted by molar-refractivity contribution is 0.636. The SMILES string of the molecule is Cc1cnn(CCNc2cc(NN)nc(N)n2)c1. The number of hydrazine groups is 1. The molecule has 0 atom stereocenters. The maximum absolute atomic E-state index is 5.55. The summed E-state index contributed by atoms with van der Waals surface area (Å²) >= 11 is 0. The molecule has 0 saturated carbocycles. The van der Waals surface area contributed by atoms with Crippen LogP contribution in [0.1, 0.15) is 5.56 Å². The molecule has 0 aliphatic rings. The molecular weight excluding hydrogens is 232 g/mol. The molecular formula is C10H16N8. The molecule has 0 aromatic carbocycles. The average Bonchev–Trinajstić information content (AvgIpc) is 2.74. The van der Waals surface area contributed by atoms with Crippen LogP contribution >= 0.6 is 0 Å². The monoisotopic (exact) mass is 248 g/mol. The van der Waals surface area contributed by atoms with Gasteiger partial charge in [0.1, 0.15) is 11.6 Å². The summed E-state index contributed by atoms with van der Waals surface area (Å²) in [5.74, 6) is 6.54. The molecule has 18 heavy (non-hydrogen) atoms. The van der Waals surface area contributed by atoms with Crippen LogP contribution in [0.15, 0.2) is 18.5 Å². The van der Waals surface area contributed by atoms with E-state index < -0.39 is 0 Å². The molecule has 0 saturated heterocycles. The predicted octanol–water partition coefficient (Wildman–Crippen LogP) is -0.0386. The van der Waals surface area contributed by atoms with E-state index in [1.165, 1.54) is 0 Å². The standard InChI is InChI=1S/C10H16N8/c1-7-5-14-18(6-7)3-2-13-8-4-9(17-12)16-10(11)15-8/h4-6H,2-3,12H2,1H3,(H4,11,13,15,16,17). The molecule has 8 nitrogen and oxygen atoms in total. The summed E-state index contributed by atoms with van der Waals surface area (Å²) in [5, 5.41) is 7.32. The van der Waals surface area contributed by atoms with Gasteiger partial charge in [0.15, 0.2) is 0 Å². The van der Waals surface area contributed by atoms with Crippen molar-refractivity contribution in [3.8, 4) is 0 Å². The first kappa shape index (κ1) is 12.1. The van der Waals surface area contributed by atoms with Crippen LogP contribution in [0.5, 0.6) is 0 Å². The maximum Gasteiger partial charge on any atom is 0.223 e. The highest BCUT2D eigenvalue weighted by atomic mass is 15.3. The molecule has 0 aliphatic heterocycles. The number of hydrogen-bond donors (Lipinski definition) is 4. The first-order valence-electron chi connectivity index (χ1n) is 5.51. The minimum absolute atomic E-state index is 0.169. The Kier molecular flexibility index (Phi) is 3.58. The molecule has 8 heteroatoms. The van der Waals surface area contributed by atoms with Crippen LogP contribution in [0, 0.1) is 6.92 Å². The topological polar surface area (TPSA) is 120 Å². The van der Waals surface area contributed by atoms with Gasteiger partial charge in [-0.05, 0) is 12.5 Å². The minimum atomic E-state index is 0.169. The van der Waals surface area contributed by atoms with Crippen molar-refractivity contribution in [1.82, 2.24) is 19.7 Å². The molecule has 0 bridgehead atoms. The second kappa shape index (κ2) is 5.32. The van der Waals surface area contributed by atoms with Crippen molar-refractivity contribution in [2.75, 3.05) is 23.0 Å². The van der Waals surface area contributed by atoms with E-state index in [4.69, 9.17) is 11.6 Å².